The molecule has 1 N–H and O–H groups in total. The van der Waals surface area contributed by atoms with E-state index < -0.39 is 0 Å². The number of hydrogen-bond donors (Lipinski definition) is 1. The van der Waals surface area contributed by atoms with Gasteiger partial charge in [0.1, 0.15) is 12.4 Å². The zero-order chi connectivity index (χ0) is 16.1. The van der Waals surface area contributed by atoms with Crippen molar-refractivity contribution in [1.29, 1.82) is 0 Å². The maximum Gasteiger partial charge on any atom is 0.194 e. The first-order valence-corrected chi connectivity index (χ1v) is 9.02. The molecule has 0 aromatic carbocycles. The van der Waals surface area contributed by atoms with Gasteiger partial charge in [0.05, 0.1) is 0 Å². The van der Waals surface area contributed by atoms with Gasteiger partial charge in [-0.2, -0.15) is 0 Å². The van der Waals surface area contributed by atoms with Crippen molar-refractivity contribution in [2.75, 3.05) is 19.6 Å². The van der Waals surface area contributed by atoms with Gasteiger partial charge in [-0.15, -0.1) is 21.5 Å². The molecule has 2 aromatic rings. The molecule has 0 unspecified atom stereocenters. The third-order valence-electron chi connectivity index (χ3n) is 4.19. The molecule has 1 aliphatic rings. The molecular formula is C16H24N6S. The predicted octanol–water partition coefficient (Wildman–Crippen LogP) is 1.97. The maximum absolute atomic E-state index is 4.78. The van der Waals surface area contributed by atoms with Crippen LogP contribution in [0.3, 0.4) is 0 Å². The maximum atomic E-state index is 4.78. The molecular weight excluding hydrogens is 308 g/mol. The minimum Gasteiger partial charge on any atom is -0.356 e. The first kappa shape index (κ1) is 16.0. The van der Waals surface area contributed by atoms with Crippen molar-refractivity contribution in [2.24, 2.45) is 12.0 Å². The topological polar surface area (TPSA) is 58.3 Å². The number of aliphatic imine (C=N–C) groups is 1. The fraction of sp³-hybridized carbons (Fsp3) is 0.562. The highest BCUT2D eigenvalue weighted by atomic mass is 32.1. The van der Waals surface area contributed by atoms with Crippen molar-refractivity contribution in [3.63, 3.8) is 0 Å². The third kappa shape index (κ3) is 4.10. The molecule has 0 radical (unpaired) electrons. The molecule has 0 spiro atoms. The Labute approximate surface area is 141 Å². The average Bonchev–Trinajstić information content (AvgIpc) is 3.29. The Balaban J connectivity index is 1.62. The minimum absolute atomic E-state index is 0.565. The molecule has 23 heavy (non-hydrogen) atoms. The summed E-state index contributed by atoms with van der Waals surface area (Å²) in [5.74, 6) is 2.82. The van der Waals surface area contributed by atoms with Gasteiger partial charge in [0.25, 0.3) is 0 Å². The highest BCUT2D eigenvalue weighted by Gasteiger charge is 2.16. The van der Waals surface area contributed by atoms with Gasteiger partial charge in [-0.3, -0.25) is 0 Å². The quantitative estimate of drug-likeness (QED) is 0.672. The molecule has 3 heterocycles. The van der Waals surface area contributed by atoms with E-state index >= 15 is 0 Å². The van der Waals surface area contributed by atoms with Crippen molar-refractivity contribution < 1.29 is 0 Å². The van der Waals surface area contributed by atoms with Crippen molar-refractivity contribution in [3.8, 4) is 0 Å². The SMILES string of the molecule is Cc1nnc(CN=C(NCCc2cccs2)N2CCCC2)n1C. The number of aryl methyl sites for hydroxylation is 1. The fourth-order valence-electron chi connectivity index (χ4n) is 2.68. The van der Waals surface area contributed by atoms with Gasteiger partial charge in [0, 0.05) is 31.6 Å². The van der Waals surface area contributed by atoms with E-state index in [1.165, 1.54) is 17.7 Å². The van der Waals surface area contributed by atoms with Crippen LogP contribution >= 0.6 is 11.3 Å². The summed E-state index contributed by atoms with van der Waals surface area (Å²) < 4.78 is 2.00. The lowest BCUT2D eigenvalue weighted by Crippen LogP contribution is -2.40. The second-order valence-electron chi connectivity index (χ2n) is 5.81. The summed E-state index contributed by atoms with van der Waals surface area (Å²) in [5, 5.41) is 13.9. The Bertz CT molecular complexity index is 640. The van der Waals surface area contributed by atoms with Crippen LogP contribution in [0.25, 0.3) is 0 Å². The summed E-state index contributed by atoms with van der Waals surface area (Å²) in [6, 6.07) is 4.28. The second-order valence-corrected chi connectivity index (χ2v) is 6.84. The second kappa shape index (κ2) is 7.59. The summed E-state index contributed by atoms with van der Waals surface area (Å²) >= 11 is 1.81. The monoisotopic (exact) mass is 332 g/mol. The molecule has 2 aromatic heterocycles. The number of nitrogens with zero attached hydrogens (tertiary/aromatic N) is 5. The predicted molar refractivity (Wildman–Crippen MR) is 93.7 cm³/mol. The number of likely N-dealkylation sites (tertiary alicyclic amines) is 1. The smallest absolute Gasteiger partial charge is 0.194 e. The van der Waals surface area contributed by atoms with Gasteiger partial charge in [0.15, 0.2) is 11.8 Å². The van der Waals surface area contributed by atoms with Gasteiger partial charge in [-0.25, -0.2) is 4.99 Å². The Morgan fingerprint density at radius 2 is 2.17 bits per heavy atom. The normalized spacial score (nSPS) is 15.4. The molecule has 0 amide bonds. The minimum atomic E-state index is 0.565. The van der Waals surface area contributed by atoms with E-state index in [2.05, 4.69) is 37.9 Å². The lowest BCUT2D eigenvalue weighted by molar-refractivity contribution is 0.491. The Morgan fingerprint density at radius 3 is 2.83 bits per heavy atom. The summed E-state index contributed by atoms with van der Waals surface area (Å²) in [4.78, 5) is 8.53. The Hall–Kier alpha value is -1.89. The van der Waals surface area contributed by atoms with Crippen molar-refractivity contribution in [3.05, 3.63) is 34.0 Å². The number of nitrogens with one attached hydrogen (secondary N) is 1. The molecule has 1 saturated heterocycles. The summed E-state index contributed by atoms with van der Waals surface area (Å²) in [6.07, 6.45) is 3.52. The average molecular weight is 332 g/mol. The van der Waals surface area contributed by atoms with E-state index in [4.69, 9.17) is 4.99 Å². The Kier molecular flexibility index (Phi) is 5.27. The van der Waals surface area contributed by atoms with Crippen molar-refractivity contribution in [2.45, 2.75) is 32.7 Å². The van der Waals surface area contributed by atoms with Gasteiger partial charge >= 0.3 is 0 Å². The van der Waals surface area contributed by atoms with Crippen LogP contribution in [0, 0.1) is 6.92 Å². The van der Waals surface area contributed by atoms with Crippen LogP contribution in [0.15, 0.2) is 22.5 Å². The van der Waals surface area contributed by atoms with E-state index in [9.17, 15) is 0 Å². The van der Waals surface area contributed by atoms with E-state index in [-0.39, 0.29) is 0 Å². The molecule has 0 atom stereocenters. The van der Waals surface area contributed by atoms with Crippen LogP contribution < -0.4 is 5.32 Å². The lowest BCUT2D eigenvalue weighted by Gasteiger charge is -2.21. The zero-order valence-electron chi connectivity index (χ0n) is 13.8. The lowest BCUT2D eigenvalue weighted by atomic mass is 10.3. The van der Waals surface area contributed by atoms with Crippen LogP contribution in [-0.2, 0) is 20.0 Å². The first-order valence-electron chi connectivity index (χ1n) is 8.14. The summed E-state index contributed by atoms with van der Waals surface area (Å²) in [5.41, 5.74) is 0. The van der Waals surface area contributed by atoms with E-state index in [0.717, 1.165) is 43.7 Å². The van der Waals surface area contributed by atoms with Crippen molar-refractivity contribution in [1.82, 2.24) is 25.0 Å². The highest BCUT2D eigenvalue weighted by molar-refractivity contribution is 7.09. The molecule has 7 heteroatoms. The number of thiophene rings is 1. The summed E-state index contributed by atoms with van der Waals surface area (Å²) in [6.45, 7) is 5.61. The first-order chi connectivity index (χ1) is 11.2. The van der Waals surface area contributed by atoms with E-state index in [0.29, 0.717) is 6.54 Å². The number of hydrogen-bond acceptors (Lipinski definition) is 4. The number of aromatic nitrogens is 3. The Morgan fingerprint density at radius 1 is 1.35 bits per heavy atom. The van der Waals surface area contributed by atoms with Crippen LogP contribution in [-0.4, -0.2) is 45.3 Å². The number of rotatable bonds is 5. The van der Waals surface area contributed by atoms with E-state index in [1.807, 2.05) is 18.5 Å². The van der Waals surface area contributed by atoms with Crippen LogP contribution in [0.4, 0.5) is 0 Å². The fourth-order valence-corrected chi connectivity index (χ4v) is 3.39. The van der Waals surface area contributed by atoms with E-state index in [1.54, 1.807) is 11.3 Å². The van der Waals surface area contributed by atoms with Crippen LogP contribution in [0.1, 0.15) is 29.4 Å². The molecule has 1 aliphatic heterocycles. The van der Waals surface area contributed by atoms with Gasteiger partial charge in [-0.1, -0.05) is 6.07 Å². The molecule has 1 fully saturated rings. The standard InChI is InChI=1S/C16H24N6S/c1-13-19-20-15(21(13)2)12-18-16(22-9-3-4-10-22)17-8-7-14-6-5-11-23-14/h5-6,11H,3-4,7-10,12H2,1-2H3,(H,17,18). The molecule has 0 bridgehead atoms. The molecule has 0 saturated carbocycles. The third-order valence-corrected chi connectivity index (χ3v) is 5.13. The molecule has 3 rings (SSSR count). The van der Waals surface area contributed by atoms with Crippen LogP contribution in [0.5, 0.6) is 0 Å². The van der Waals surface area contributed by atoms with Gasteiger partial charge in [0.2, 0.25) is 0 Å². The van der Waals surface area contributed by atoms with Gasteiger partial charge in [-0.05, 0) is 37.6 Å². The van der Waals surface area contributed by atoms with Crippen LogP contribution in [0.2, 0.25) is 0 Å². The molecule has 124 valence electrons. The number of guanidine groups is 1. The largest absolute Gasteiger partial charge is 0.356 e. The zero-order valence-corrected chi connectivity index (χ0v) is 14.6. The summed E-state index contributed by atoms with van der Waals surface area (Å²) in [7, 11) is 1.99. The van der Waals surface area contributed by atoms with Gasteiger partial charge < -0.3 is 14.8 Å². The molecule has 0 aliphatic carbocycles. The van der Waals surface area contributed by atoms with Crippen molar-refractivity contribution >= 4 is 17.3 Å². The highest BCUT2D eigenvalue weighted by Crippen LogP contribution is 2.10. The molecule has 6 nitrogen and oxygen atoms in total.